The molecule has 0 radical (unpaired) electrons. The lowest BCUT2D eigenvalue weighted by Gasteiger charge is -2.03. The minimum Gasteiger partial charge on any atom is -0.466 e. The van der Waals surface area contributed by atoms with Gasteiger partial charge in [0.05, 0.1) is 7.11 Å². The predicted molar refractivity (Wildman–Crippen MR) is 73.0 cm³/mol. The summed E-state index contributed by atoms with van der Waals surface area (Å²) >= 11 is 0. The van der Waals surface area contributed by atoms with E-state index in [1.165, 1.54) is 58.5 Å². The number of ether oxygens (including phenoxy) is 1. The van der Waals surface area contributed by atoms with Crippen LogP contribution in [-0.4, -0.2) is 13.1 Å². The molecule has 0 saturated heterocycles. The summed E-state index contributed by atoms with van der Waals surface area (Å²) < 4.78 is 4.61. The van der Waals surface area contributed by atoms with Crippen molar-refractivity contribution in [3.8, 4) is 0 Å². The molecule has 17 heavy (non-hydrogen) atoms. The van der Waals surface area contributed by atoms with Gasteiger partial charge in [0.1, 0.15) is 0 Å². The van der Waals surface area contributed by atoms with Crippen LogP contribution in [0.4, 0.5) is 0 Å². The first kappa shape index (κ1) is 16.2. The van der Waals surface area contributed by atoms with Gasteiger partial charge < -0.3 is 4.74 Å². The second kappa shape index (κ2) is 11.7. The molecule has 0 saturated carbocycles. The van der Waals surface area contributed by atoms with E-state index in [2.05, 4.69) is 18.2 Å². The molecule has 0 amide bonds. The van der Waals surface area contributed by atoms with Crippen LogP contribution in [0.25, 0.3) is 0 Å². The average molecular weight is 240 g/mol. The Morgan fingerprint density at radius 3 is 1.88 bits per heavy atom. The molecule has 0 fully saturated rings. The summed E-state index contributed by atoms with van der Waals surface area (Å²) in [5, 5.41) is 0. The SMILES string of the molecule is C=C(CCCCCCCCCCC)C(=O)OC. The molecule has 0 aliphatic rings. The number of hydrogen-bond acceptors (Lipinski definition) is 2. The van der Waals surface area contributed by atoms with E-state index in [1.54, 1.807) is 0 Å². The highest BCUT2D eigenvalue weighted by atomic mass is 16.5. The summed E-state index contributed by atoms with van der Waals surface area (Å²) in [5.74, 6) is -0.260. The molecular formula is C15H28O2. The first-order valence-corrected chi connectivity index (χ1v) is 6.98. The maximum atomic E-state index is 11.1. The van der Waals surface area contributed by atoms with Crippen LogP contribution in [0.2, 0.25) is 0 Å². The molecule has 0 aliphatic carbocycles. The number of carbonyl (C=O) groups excluding carboxylic acids is 1. The number of unbranched alkanes of at least 4 members (excludes halogenated alkanes) is 8. The minimum atomic E-state index is -0.260. The third-order valence-electron chi connectivity index (χ3n) is 3.06. The van der Waals surface area contributed by atoms with E-state index in [4.69, 9.17) is 0 Å². The molecule has 0 N–H and O–H groups in total. The van der Waals surface area contributed by atoms with Crippen LogP contribution in [0.15, 0.2) is 12.2 Å². The Hall–Kier alpha value is -0.790. The number of hydrogen-bond donors (Lipinski definition) is 0. The van der Waals surface area contributed by atoms with Crippen molar-refractivity contribution >= 4 is 5.97 Å². The molecule has 0 aliphatic heterocycles. The molecule has 0 heterocycles. The van der Waals surface area contributed by atoms with Gasteiger partial charge >= 0.3 is 5.97 Å². The number of carbonyl (C=O) groups is 1. The molecule has 0 aromatic carbocycles. The summed E-state index contributed by atoms with van der Waals surface area (Å²) in [6.45, 7) is 5.96. The lowest BCUT2D eigenvalue weighted by Crippen LogP contribution is -2.03. The van der Waals surface area contributed by atoms with Crippen LogP contribution < -0.4 is 0 Å². The van der Waals surface area contributed by atoms with E-state index in [-0.39, 0.29) is 5.97 Å². The summed E-state index contributed by atoms with van der Waals surface area (Å²) in [7, 11) is 1.41. The maximum absolute atomic E-state index is 11.1. The Morgan fingerprint density at radius 1 is 0.941 bits per heavy atom. The number of esters is 1. The summed E-state index contributed by atoms with van der Waals surface area (Å²) in [5.41, 5.74) is 0.607. The zero-order valence-corrected chi connectivity index (χ0v) is 11.6. The van der Waals surface area contributed by atoms with Crippen molar-refractivity contribution in [3.05, 3.63) is 12.2 Å². The third-order valence-corrected chi connectivity index (χ3v) is 3.06. The molecule has 0 rings (SSSR count). The molecule has 0 spiro atoms. The lowest BCUT2D eigenvalue weighted by atomic mass is 10.0. The Morgan fingerprint density at radius 2 is 1.41 bits per heavy atom. The van der Waals surface area contributed by atoms with Gasteiger partial charge in [-0.05, 0) is 12.8 Å². The van der Waals surface area contributed by atoms with Crippen LogP contribution in [0.3, 0.4) is 0 Å². The van der Waals surface area contributed by atoms with Gasteiger partial charge in [0.2, 0.25) is 0 Å². The van der Waals surface area contributed by atoms with Gasteiger partial charge in [0.25, 0.3) is 0 Å². The molecule has 0 bridgehead atoms. The van der Waals surface area contributed by atoms with E-state index in [0.717, 1.165) is 12.8 Å². The van der Waals surface area contributed by atoms with Crippen molar-refractivity contribution in [2.75, 3.05) is 7.11 Å². The zero-order valence-electron chi connectivity index (χ0n) is 11.6. The molecule has 0 unspecified atom stereocenters. The fraction of sp³-hybridized carbons (Fsp3) is 0.800. The van der Waals surface area contributed by atoms with Crippen LogP contribution >= 0.6 is 0 Å². The second-order valence-electron chi connectivity index (χ2n) is 4.67. The normalized spacial score (nSPS) is 10.2. The quantitative estimate of drug-likeness (QED) is 0.299. The van der Waals surface area contributed by atoms with E-state index in [0.29, 0.717) is 5.57 Å². The van der Waals surface area contributed by atoms with Gasteiger partial charge in [-0.3, -0.25) is 0 Å². The minimum absolute atomic E-state index is 0.260. The molecule has 100 valence electrons. The Labute approximate surface area is 106 Å². The van der Waals surface area contributed by atoms with E-state index in [1.807, 2.05) is 0 Å². The fourth-order valence-corrected chi connectivity index (χ4v) is 1.90. The smallest absolute Gasteiger partial charge is 0.333 e. The number of methoxy groups -OCH3 is 1. The van der Waals surface area contributed by atoms with Gasteiger partial charge in [0, 0.05) is 5.57 Å². The highest BCUT2D eigenvalue weighted by Gasteiger charge is 2.05. The van der Waals surface area contributed by atoms with Crippen LogP contribution in [-0.2, 0) is 9.53 Å². The third kappa shape index (κ3) is 10.1. The molecule has 2 nitrogen and oxygen atoms in total. The second-order valence-corrected chi connectivity index (χ2v) is 4.67. The van der Waals surface area contributed by atoms with Gasteiger partial charge in [-0.1, -0.05) is 64.9 Å². The molecule has 0 aromatic heterocycles. The predicted octanol–water partition coefficient (Wildman–Crippen LogP) is 4.64. The van der Waals surface area contributed by atoms with Crippen molar-refractivity contribution in [1.29, 1.82) is 0 Å². The first-order valence-electron chi connectivity index (χ1n) is 6.98. The van der Waals surface area contributed by atoms with Gasteiger partial charge in [-0.2, -0.15) is 0 Å². The summed E-state index contributed by atoms with van der Waals surface area (Å²) in [6.07, 6.45) is 12.5. The van der Waals surface area contributed by atoms with Gasteiger partial charge in [-0.25, -0.2) is 4.79 Å². The zero-order chi connectivity index (χ0) is 12.9. The monoisotopic (exact) mass is 240 g/mol. The Bertz CT molecular complexity index is 209. The molecule has 0 atom stereocenters. The van der Waals surface area contributed by atoms with Crippen molar-refractivity contribution < 1.29 is 9.53 Å². The highest BCUT2D eigenvalue weighted by molar-refractivity contribution is 5.87. The summed E-state index contributed by atoms with van der Waals surface area (Å²) in [4.78, 5) is 11.1. The molecule has 0 aromatic rings. The van der Waals surface area contributed by atoms with E-state index in [9.17, 15) is 4.79 Å². The molecule has 2 heteroatoms. The fourth-order valence-electron chi connectivity index (χ4n) is 1.90. The van der Waals surface area contributed by atoms with Crippen molar-refractivity contribution in [2.45, 2.75) is 71.1 Å². The van der Waals surface area contributed by atoms with Crippen LogP contribution in [0.5, 0.6) is 0 Å². The topological polar surface area (TPSA) is 26.3 Å². The highest BCUT2D eigenvalue weighted by Crippen LogP contribution is 2.12. The van der Waals surface area contributed by atoms with Gasteiger partial charge in [-0.15, -0.1) is 0 Å². The van der Waals surface area contributed by atoms with Gasteiger partial charge in [0.15, 0.2) is 0 Å². The molecular weight excluding hydrogens is 212 g/mol. The van der Waals surface area contributed by atoms with Crippen molar-refractivity contribution in [3.63, 3.8) is 0 Å². The van der Waals surface area contributed by atoms with Crippen molar-refractivity contribution in [2.24, 2.45) is 0 Å². The Balaban J connectivity index is 3.18. The largest absolute Gasteiger partial charge is 0.466 e. The average Bonchev–Trinajstić information content (AvgIpc) is 2.35. The Kier molecular flexibility index (Phi) is 11.1. The lowest BCUT2D eigenvalue weighted by molar-refractivity contribution is -0.136. The number of rotatable bonds is 11. The standard InChI is InChI=1S/C15H28O2/c1-4-5-6-7-8-9-10-11-12-13-14(2)15(16)17-3/h2,4-13H2,1,3H3. The maximum Gasteiger partial charge on any atom is 0.333 e. The first-order chi connectivity index (χ1) is 8.22. The van der Waals surface area contributed by atoms with E-state index >= 15 is 0 Å². The van der Waals surface area contributed by atoms with Crippen LogP contribution in [0, 0.1) is 0 Å². The van der Waals surface area contributed by atoms with Crippen molar-refractivity contribution in [1.82, 2.24) is 0 Å². The van der Waals surface area contributed by atoms with Crippen LogP contribution in [0.1, 0.15) is 71.1 Å². The summed E-state index contributed by atoms with van der Waals surface area (Å²) in [6, 6.07) is 0. The van der Waals surface area contributed by atoms with E-state index < -0.39 is 0 Å².